The Kier molecular flexibility index (Phi) is 4.95. The lowest BCUT2D eigenvalue weighted by Crippen LogP contribution is -2.23. The van der Waals surface area contributed by atoms with Crippen LogP contribution in [0.25, 0.3) is 0 Å². The number of unbranched alkanes of at least 4 members (excludes halogenated alkanes) is 2. The molecule has 2 nitrogen and oxygen atoms in total. The van der Waals surface area contributed by atoms with Crippen molar-refractivity contribution in [3.05, 3.63) is 6.42 Å². The number of esters is 1. The van der Waals surface area contributed by atoms with Gasteiger partial charge in [0.1, 0.15) is 5.60 Å². The minimum Gasteiger partial charge on any atom is -0.460 e. The van der Waals surface area contributed by atoms with Crippen LogP contribution in [0.1, 0.15) is 47.0 Å². The summed E-state index contributed by atoms with van der Waals surface area (Å²) >= 11 is 0. The lowest BCUT2D eigenvalue weighted by molar-refractivity contribution is -0.150. The fraction of sp³-hybridized carbons (Fsp3) is 0.800. The summed E-state index contributed by atoms with van der Waals surface area (Å²) in [6, 6.07) is 0. The molecule has 0 saturated heterocycles. The van der Waals surface area contributed by atoms with Gasteiger partial charge in [0, 0.05) is 0 Å². The topological polar surface area (TPSA) is 26.3 Å². The largest absolute Gasteiger partial charge is 0.460 e. The number of hydrogen-bond acceptors (Lipinski definition) is 2. The molecule has 0 aromatic rings. The van der Waals surface area contributed by atoms with Gasteiger partial charge in [0.05, 0.1) is 6.42 Å². The Morgan fingerprint density at radius 3 is 2.42 bits per heavy atom. The zero-order chi connectivity index (χ0) is 9.61. The third-order valence-corrected chi connectivity index (χ3v) is 1.28. The van der Waals surface area contributed by atoms with Crippen molar-refractivity contribution in [1.29, 1.82) is 0 Å². The number of hydrogen-bond donors (Lipinski definition) is 0. The van der Waals surface area contributed by atoms with Crippen LogP contribution in [0.4, 0.5) is 0 Å². The summed E-state index contributed by atoms with van der Waals surface area (Å²) in [5.41, 5.74) is -0.361. The third-order valence-electron chi connectivity index (χ3n) is 1.28. The molecule has 0 heterocycles. The van der Waals surface area contributed by atoms with Gasteiger partial charge in [-0.25, -0.2) is 0 Å². The highest BCUT2D eigenvalue weighted by Gasteiger charge is 2.15. The summed E-state index contributed by atoms with van der Waals surface area (Å²) in [5.74, 6) is -0.198. The third kappa shape index (κ3) is 7.58. The van der Waals surface area contributed by atoms with Gasteiger partial charge in [-0.3, -0.25) is 4.79 Å². The number of ether oxygens (including phenoxy) is 1. The van der Waals surface area contributed by atoms with Crippen LogP contribution < -0.4 is 0 Å². The first-order chi connectivity index (χ1) is 5.45. The van der Waals surface area contributed by atoms with E-state index in [1.54, 1.807) is 6.42 Å². The molecule has 0 saturated carbocycles. The summed E-state index contributed by atoms with van der Waals surface area (Å²) in [5, 5.41) is 0. The van der Waals surface area contributed by atoms with E-state index in [4.69, 9.17) is 4.74 Å². The highest BCUT2D eigenvalue weighted by molar-refractivity contribution is 5.79. The van der Waals surface area contributed by atoms with Crippen molar-refractivity contribution in [2.75, 3.05) is 0 Å². The molecule has 0 aliphatic carbocycles. The molecule has 12 heavy (non-hydrogen) atoms. The van der Waals surface area contributed by atoms with Crippen LogP contribution in [0.5, 0.6) is 0 Å². The minimum absolute atomic E-state index is 0.198. The maximum absolute atomic E-state index is 11.1. The highest BCUT2D eigenvalue weighted by atomic mass is 16.6. The van der Waals surface area contributed by atoms with Crippen LogP contribution in [0.15, 0.2) is 0 Å². The Morgan fingerprint density at radius 1 is 1.42 bits per heavy atom. The van der Waals surface area contributed by atoms with Crippen molar-refractivity contribution < 1.29 is 9.53 Å². The second-order valence-electron chi connectivity index (χ2n) is 3.88. The molecular weight excluding hydrogens is 152 g/mol. The molecule has 71 valence electrons. The van der Waals surface area contributed by atoms with E-state index in [-0.39, 0.29) is 11.6 Å². The van der Waals surface area contributed by atoms with Gasteiger partial charge in [-0.15, -0.1) is 0 Å². The highest BCUT2D eigenvalue weighted by Crippen LogP contribution is 2.09. The van der Waals surface area contributed by atoms with Crippen LogP contribution in [0.2, 0.25) is 0 Å². The predicted octanol–water partition coefficient (Wildman–Crippen LogP) is 2.72. The molecule has 0 amide bonds. The molecule has 0 spiro atoms. The molecule has 0 unspecified atom stereocenters. The summed E-state index contributed by atoms with van der Waals surface area (Å²) in [6.45, 7) is 7.72. The molecule has 1 radical (unpaired) electrons. The van der Waals surface area contributed by atoms with E-state index in [1.807, 2.05) is 20.8 Å². The predicted molar refractivity (Wildman–Crippen MR) is 49.7 cm³/mol. The van der Waals surface area contributed by atoms with E-state index in [0.717, 1.165) is 19.3 Å². The Balaban J connectivity index is 3.47. The van der Waals surface area contributed by atoms with Crippen molar-refractivity contribution in [3.8, 4) is 0 Å². The van der Waals surface area contributed by atoms with E-state index in [9.17, 15) is 4.79 Å². The zero-order valence-corrected chi connectivity index (χ0v) is 8.52. The van der Waals surface area contributed by atoms with E-state index in [0.29, 0.717) is 0 Å². The Morgan fingerprint density at radius 2 is 2.00 bits per heavy atom. The van der Waals surface area contributed by atoms with Crippen molar-refractivity contribution in [3.63, 3.8) is 0 Å². The molecule has 0 aromatic carbocycles. The quantitative estimate of drug-likeness (QED) is 0.480. The molecule has 0 rings (SSSR count). The molecule has 0 aromatic heterocycles. The Hall–Kier alpha value is -0.530. The Bertz CT molecular complexity index is 133. The van der Waals surface area contributed by atoms with Gasteiger partial charge in [0.2, 0.25) is 0 Å². The molecule has 0 atom stereocenters. The standard InChI is InChI=1S/C10H19O2/c1-5-6-7-8-9(11)12-10(2,3)4/h8H,5-7H2,1-4H3. The summed E-state index contributed by atoms with van der Waals surface area (Å²) in [6.07, 6.45) is 4.61. The summed E-state index contributed by atoms with van der Waals surface area (Å²) < 4.78 is 5.09. The molecule has 0 fully saturated rings. The zero-order valence-electron chi connectivity index (χ0n) is 8.52. The smallest absolute Gasteiger partial charge is 0.310 e. The molecule has 2 heteroatoms. The molecule has 0 bridgehead atoms. The normalized spacial score (nSPS) is 11.3. The second-order valence-corrected chi connectivity index (χ2v) is 3.88. The van der Waals surface area contributed by atoms with Crippen LogP contribution in [0, 0.1) is 6.42 Å². The van der Waals surface area contributed by atoms with Crippen LogP contribution >= 0.6 is 0 Å². The number of carbonyl (C=O) groups is 1. The average molecular weight is 171 g/mol. The molecule has 0 aliphatic heterocycles. The van der Waals surface area contributed by atoms with Crippen molar-refractivity contribution in [1.82, 2.24) is 0 Å². The lowest BCUT2D eigenvalue weighted by atomic mass is 10.2. The minimum atomic E-state index is -0.361. The fourth-order valence-electron chi connectivity index (χ4n) is 0.767. The van der Waals surface area contributed by atoms with Crippen molar-refractivity contribution >= 4 is 5.97 Å². The average Bonchev–Trinajstić information content (AvgIpc) is 1.84. The Labute approximate surface area is 75.3 Å². The first kappa shape index (κ1) is 11.5. The maximum Gasteiger partial charge on any atom is 0.310 e. The first-order valence-electron chi connectivity index (χ1n) is 4.52. The summed E-state index contributed by atoms with van der Waals surface area (Å²) in [7, 11) is 0. The van der Waals surface area contributed by atoms with Gasteiger partial charge >= 0.3 is 5.97 Å². The first-order valence-corrected chi connectivity index (χ1v) is 4.52. The van der Waals surface area contributed by atoms with Gasteiger partial charge in [-0.2, -0.15) is 0 Å². The van der Waals surface area contributed by atoms with Gasteiger partial charge < -0.3 is 4.74 Å². The van der Waals surface area contributed by atoms with E-state index < -0.39 is 0 Å². The number of carbonyl (C=O) groups excluding carboxylic acids is 1. The van der Waals surface area contributed by atoms with Crippen LogP contribution in [-0.4, -0.2) is 11.6 Å². The molecular formula is C10H19O2. The lowest BCUT2D eigenvalue weighted by Gasteiger charge is -2.19. The van der Waals surface area contributed by atoms with Crippen LogP contribution in [-0.2, 0) is 9.53 Å². The van der Waals surface area contributed by atoms with Gasteiger partial charge in [0.25, 0.3) is 0 Å². The van der Waals surface area contributed by atoms with Crippen molar-refractivity contribution in [2.45, 2.75) is 52.6 Å². The van der Waals surface area contributed by atoms with Crippen molar-refractivity contribution in [2.24, 2.45) is 0 Å². The number of rotatable bonds is 4. The fourth-order valence-corrected chi connectivity index (χ4v) is 0.767. The summed E-state index contributed by atoms with van der Waals surface area (Å²) in [4.78, 5) is 11.1. The second kappa shape index (κ2) is 5.18. The van der Waals surface area contributed by atoms with Crippen LogP contribution in [0.3, 0.4) is 0 Å². The molecule has 0 aliphatic rings. The monoisotopic (exact) mass is 171 g/mol. The van der Waals surface area contributed by atoms with Gasteiger partial charge in [-0.05, 0) is 27.2 Å². The van der Waals surface area contributed by atoms with E-state index >= 15 is 0 Å². The van der Waals surface area contributed by atoms with Gasteiger partial charge in [-0.1, -0.05) is 19.8 Å². The SMILES string of the molecule is CCCC[CH]C(=O)OC(C)(C)C. The van der Waals surface area contributed by atoms with E-state index in [1.165, 1.54) is 0 Å². The molecule has 0 N–H and O–H groups in total. The van der Waals surface area contributed by atoms with E-state index in [2.05, 4.69) is 6.92 Å². The van der Waals surface area contributed by atoms with Gasteiger partial charge in [0.15, 0.2) is 0 Å². The maximum atomic E-state index is 11.1.